The van der Waals surface area contributed by atoms with Gasteiger partial charge in [-0.1, -0.05) is 26.0 Å². The fourth-order valence-electron chi connectivity index (χ4n) is 2.05. The molecule has 0 saturated carbocycles. The highest BCUT2D eigenvalue weighted by molar-refractivity contribution is 5.81. The Morgan fingerprint density at radius 3 is 2.35 bits per heavy atom. The van der Waals surface area contributed by atoms with E-state index in [-0.39, 0.29) is 18.3 Å². The van der Waals surface area contributed by atoms with E-state index in [0.29, 0.717) is 13.2 Å². The number of pyridine rings is 1. The van der Waals surface area contributed by atoms with E-state index in [1.165, 1.54) is 0 Å². The predicted octanol–water partition coefficient (Wildman–Crippen LogP) is 3.76. The van der Waals surface area contributed by atoms with Crippen molar-refractivity contribution in [3.05, 3.63) is 48.8 Å². The van der Waals surface area contributed by atoms with Crippen molar-refractivity contribution < 1.29 is 14.3 Å². The normalized spacial score (nSPS) is 11.9. The first kappa shape index (κ1) is 17.2. The highest BCUT2D eigenvalue weighted by atomic mass is 16.5. The summed E-state index contributed by atoms with van der Waals surface area (Å²) in [7, 11) is 0. The van der Waals surface area contributed by atoms with Crippen LogP contribution < -0.4 is 4.74 Å². The van der Waals surface area contributed by atoms with Crippen molar-refractivity contribution in [3.63, 3.8) is 0 Å². The fourth-order valence-corrected chi connectivity index (χ4v) is 2.05. The van der Waals surface area contributed by atoms with Crippen LogP contribution >= 0.6 is 0 Å². The van der Waals surface area contributed by atoms with Gasteiger partial charge in [-0.2, -0.15) is 0 Å². The lowest BCUT2D eigenvalue weighted by atomic mass is 10.1. The van der Waals surface area contributed by atoms with Gasteiger partial charge in [0.1, 0.15) is 19.0 Å². The summed E-state index contributed by atoms with van der Waals surface area (Å²) < 4.78 is 11.0. The molecule has 1 aromatic carbocycles. The molecular weight excluding hydrogens is 290 g/mol. The van der Waals surface area contributed by atoms with Gasteiger partial charge in [-0.05, 0) is 41.8 Å². The third-order valence-electron chi connectivity index (χ3n) is 3.77. The SMILES string of the molecule is CCC(C)C(=O)COCCOc1ccc(-c2ccncc2)cc1. The molecule has 0 fully saturated rings. The summed E-state index contributed by atoms with van der Waals surface area (Å²) in [6.07, 6.45) is 4.40. The van der Waals surface area contributed by atoms with Crippen molar-refractivity contribution in [2.75, 3.05) is 19.8 Å². The van der Waals surface area contributed by atoms with Gasteiger partial charge in [0.15, 0.2) is 5.78 Å². The zero-order valence-electron chi connectivity index (χ0n) is 13.7. The summed E-state index contributed by atoms with van der Waals surface area (Å²) in [5, 5.41) is 0. The van der Waals surface area contributed by atoms with Gasteiger partial charge in [-0.25, -0.2) is 0 Å². The first-order chi connectivity index (χ1) is 11.2. The number of aromatic nitrogens is 1. The number of hydrogen-bond donors (Lipinski definition) is 0. The van der Waals surface area contributed by atoms with Crippen molar-refractivity contribution in [1.29, 1.82) is 0 Å². The van der Waals surface area contributed by atoms with Crippen molar-refractivity contribution in [2.24, 2.45) is 5.92 Å². The van der Waals surface area contributed by atoms with Crippen LogP contribution in [0, 0.1) is 5.92 Å². The van der Waals surface area contributed by atoms with E-state index in [4.69, 9.17) is 9.47 Å². The lowest BCUT2D eigenvalue weighted by Crippen LogP contribution is -2.18. The van der Waals surface area contributed by atoms with Crippen LogP contribution in [0.3, 0.4) is 0 Å². The molecule has 0 N–H and O–H groups in total. The summed E-state index contributed by atoms with van der Waals surface area (Å²) in [5.41, 5.74) is 2.24. The Balaban J connectivity index is 1.72. The molecule has 1 atom stereocenters. The maximum absolute atomic E-state index is 11.6. The number of carbonyl (C=O) groups is 1. The van der Waals surface area contributed by atoms with E-state index >= 15 is 0 Å². The van der Waals surface area contributed by atoms with E-state index in [1.54, 1.807) is 12.4 Å². The van der Waals surface area contributed by atoms with Gasteiger partial charge >= 0.3 is 0 Å². The highest BCUT2D eigenvalue weighted by Crippen LogP contribution is 2.21. The predicted molar refractivity (Wildman–Crippen MR) is 90.4 cm³/mol. The lowest BCUT2D eigenvalue weighted by Gasteiger charge is -2.09. The summed E-state index contributed by atoms with van der Waals surface area (Å²) in [6, 6.07) is 11.8. The van der Waals surface area contributed by atoms with Gasteiger partial charge in [-0.15, -0.1) is 0 Å². The monoisotopic (exact) mass is 313 g/mol. The Morgan fingerprint density at radius 2 is 1.70 bits per heavy atom. The molecule has 2 aromatic rings. The van der Waals surface area contributed by atoms with E-state index in [9.17, 15) is 4.79 Å². The van der Waals surface area contributed by atoms with Crippen LogP contribution in [-0.2, 0) is 9.53 Å². The molecule has 0 saturated heterocycles. The van der Waals surface area contributed by atoms with Crippen LogP contribution in [0.2, 0.25) is 0 Å². The van der Waals surface area contributed by atoms with Gasteiger partial charge in [0.2, 0.25) is 0 Å². The van der Waals surface area contributed by atoms with E-state index in [1.807, 2.05) is 50.2 Å². The number of ketones is 1. The maximum atomic E-state index is 11.6. The van der Waals surface area contributed by atoms with Gasteiger partial charge in [0, 0.05) is 18.3 Å². The molecule has 2 rings (SSSR count). The number of rotatable bonds is 9. The first-order valence-corrected chi connectivity index (χ1v) is 7.94. The number of Topliss-reactive ketones (excluding diaryl/α,β-unsaturated/α-hetero) is 1. The summed E-state index contributed by atoms with van der Waals surface area (Å²) in [4.78, 5) is 15.6. The molecule has 1 unspecified atom stereocenters. The largest absolute Gasteiger partial charge is 0.491 e. The second kappa shape index (κ2) is 9.06. The molecule has 4 nitrogen and oxygen atoms in total. The highest BCUT2D eigenvalue weighted by Gasteiger charge is 2.10. The maximum Gasteiger partial charge on any atom is 0.161 e. The topological polar surface area (TPSA) is 48.4 Å². The number of benzene rings is 1. The molecule has 23 heavy (non-hydrogen) atoms. The minimum absolute atomic E-state index is 0.0663. The smallest absolute Gasteiger partial charge is 0.161 e. The van der Waals surface area contributed by atoms with Gasteiger partial charge < -0.3 is 9.47 Å². The Morgan fingerprint density at radius 1 is 1.04 bits per heavy atom. The third-order valence-corrected chi connectivity index (χ3v) is 3.77. The van der Waals surface area contributed by atoms with Gasteiger partial charge in [0.05, 0.1) is 6.61 Å². The van der Waals surface area contributed by atoms with Crippen molar-refractivity contribution in [1.82, 2.24) is 4.98 Å². The molecule has 1 heterocycles. The van der Waals surface area contributed by atoms with Gasteiger partial charge in [-0.3, -0.25) is 9.78 Å². The molecule has 0 radical (unpaired) electrons. The molecule has 1 aromatic heterocycles. The molecule has 0 aliphatic carbocycles. The number of nitrogens with zero attached hydrogens (tertiary/aromatic N) is 1. The average molecular weight is 313 g/mol. The van der Waals surface area contributed by atoms with E-state index in [0.717, 1.165) is 23.3 Å². The van der Waals surface area contributed by atoms with E-state index in [2.05, 4.69) is 4.98 Å². The van der Waals surface area contributed by atoms with Crippen molar-refractivity contribution >= 4 is 5.78 Å². The van der Waals surface area contributed by atoms with Crippen LogP contribution in [0.5, 0.6) is 5.75 Å². The molecule has 0 aliphatic rings. The van der Waals surface area contributed by atoms with Crippen LogP contribution in [0.1, 0.15) is 20.3 Å². The zero-order chi connectivity index (χ0) is 16.5. The third kappa shape index (κ3) is 5.49. The minimum Gasteiger partial charge on any atom is -0.491 e. The van der Waals surface area contributed by atoms with Crippen LogP contribution in [0.15, 0.2) is 48.8 Å². The zero-order valence-corrected chi connectivity index (χ0v) is 13.7. The molecular formula is C19H23NO3. The van der Waals surface area contributed by atoms with Gasteiger partial charge in [0.25, 0.3) is 0 Å². The molecule has 122 valence electrons. The Hall–Kier alpha value is -2.20. The molecule has 0 spiro atoms. The van der Waals surface area contributed by atoms with Crippen LogP contribution in [0.25, 0.3) is 11.1 Å². The van der Waals surface area contributed by atoms with Crippen LogP contribution in [-0.4, -0.2) is 30.6 Å². The lowest BCUT2D eigenvalue weighted by molar-refractivity contribution is -0.127. The molecule has 4 heteroatoms. The van der Waals surface area contributed by atoms with Crippen molar-refractivity contribution in [2.45, 2.75) is 20.3 Å². The second-order valence-electron chi connectivity index (χ2n) is 5.44. The first-order valence-electron chi connectivity index (χ1n) is 7.94. The van der Waals surface area contributed by atoms with Crippen LogP contribution in [0.4, 0.5) is 0 Å². The number of ether oxygens (including phenoxy) is 2. The average Bonchev–Trinajstić information content (AvgIpc) is 2.61. The molecule has 0 bridgehead atoms. The molecule has 0 aliphatic heterocycles. The summed E-state index contributed by atoms with van der Waals surface area (Å²) in [6.45, 7) is 4.93. The summed E-state index contributed by atoms with van der Waals surface area (Å²) >= 11 is 0. The van der Waals surface area contributed by atoms with E-state index < -0.39 is 0 Å². The fraction of sp³-hybridized carbons (Fsp3) is 0.368. The number of carbonyl (C=O) groups excluding carboxylic acids is 1. The Bertz CT molecular complexity index is 596. The Labute approximate surface area is 137 Å². The van der Waals surface area contributed by atoms with Crippen molar-refractivity contribution in [3.8, 4) is 16.9 Å². The Kier molecular flexibility index (Phi) is 6.76. The molecule has 0 amide bonds. The second-order valence-corrected chi connectivity index (χ2v) is 5.44. The standard InChI is InChI=1S/C19H23NO3/c1-3-15(2)19(21)14-22-12-13-23-18-6-4-16(5-7-18)17-8-10-20-11-9-17/h4-11,15H,3,12-14H2,1-2H3. The minimum atomic E-state index is 0.0663. The summed E-state index contributed by atoms with van der Waals surface area (Å²) in [5.74, 6) is 1.01. The quantitative estimate of drug-likeness (QED) is 0.661. The number of hydrogen-bond acceptors (Lipinski definition) is 4.